The second kappa shape index (κ2) is 9.54. The van der Waals surface area contributed by atoms with Gasteiger partial charge in [0.2, 0.25) is 6.79 Å². The van der Waals surface area contributed by atoms with Gasteiger partial charge in [-0.2, -0.15) is 0 Å². The molecule has 1 aromatic heterocycles. The number of aryl methyl sites for hydroxylation is 1. The quantitative estimate of drug-likeness (QED) is 0.302. The van der Waals surface area contributed by atoms with Crippen LogP contribution in [0.25, 0.3) is 5.76 Å². The zero-order valence-electron chi connectivity index (χ0n) is 19.2. The Labute approximate surface area is 202 Å². The number of ketones is 1. The summed E-state index contributed by atoms with van der Waals surface area (Å²) < 4.78 is 18.2. The number of hydrogen-bond donors (Lipinski definition) is 1. The summed E-state index contributed by atoms with van der Waals surface area (Å²) in [6.45, 7) is 3.48. The average Bonchev–Trinajstić information content (AvgIpc) is 3.61. The van der Waals surface area contributed by atoms with E-state index < -0.39 is 17.7 Å². The van der Waals surface area contributed by atoms with E-state index in [1.165, 1.54) is 4.90 Å². The summed E-state index contributed by atoms with van der Waals surface area (Å²) in [5.41, 5.74) is 1.12. The molecule has 0 saturated carbocycles. The van der Waals surface area contributed by atoms with Crippen molar-refractivity contribution in [3.63, 3.8) is 0 Å². The van der Waals surface area contributed by atoms with E-state index in [2.05, 4.69) is 4.98 Å². The highest BCUT2D eigenvalue weighted by molar-refractivity contribution is 6.46. The minimum Gasteiger partial charge on any atom is -0.507 e. The van der Waals surface area contributed by atoms with Gasteiger partial charge in [0, 0.05) is 31.0 Å². The molecule has 2 aromatic carbocycles. The molecular weight excluding hydrogens is 450 g/mol. The first-order chi connectivity index (χ1) is 17.1. The zero-order chi connectivity index (χ0) is 24.4. The number of hydrogen-bond acceptors (Lipinski definition) is 7. The first kappa shape index (κ1) is 22.5. The van der Waals surface area contributed by atoms with Crippen LogP contribution in [-0.4, -0.2) is 51.2 Å². The summed E-state index contributed by atoms with van der Waals surface area (Å²) in [6.07, 6.45) is 5.86. The Morgan fingerprint density at radius 1 is 1.11 bits per heavy atom. The Hall–Kier alpha value is -4.27. The second-order valence-electron chi connectivity index (χ2n) is 8.22. The topological polar surface area (TPSA) is 103 Å². The number of nitrogens with zero attached hydrogens (tertiary/aromatic N) is 3. The molecule has 35 heavy (non-hydrogen) atoms. The number of aliphatic hydroxyl groups is 1. The molecule has 9 nitrogen and oxygen atoms in total. The number of carbonyl (C=O) groups is 2. The maximum Gasteiger partial charge on any atom is 0.295 e. The highest BCUT2D eigenvalue weighted by Crippen LogP contribution is 2.41. The number of benzene rings is 2. The van der Waals surface area contributed by atoms with E-state index in [1.807, 2.05) is 29.8 Å². The predicted octanol–water partition coefficient (Wildman–Crippen LogP) is 3.52. The Morgan fingerprint density at radius 3 is 2.66 bits per heavy atom. The van der Waals surface area contributed by atoms with Gasteiger partial charge in [-0.05, 0) is 49.2 Å². The van der Waals surface area contributed by atoms with Gasteiger partial charge in [0.25, 0.3) is 11.7 Å². The van der Waals surface area contributed by atoms with Gasteiger partial charge in [-0.25, -0.2) is 4.98 Å². The lowest BCUT2D eigenvalue weighted by Gasteiger charge is -2.25. The zero-order valence-corrected chi connectivity index (χ0v) is 19.2. The maximum atomic E-state index is 13.2. The molecule has 5 rings (SSSR count). The molecule has 1 atom stereocenters. The highest BCUT2D eigenvalue weighted by Gasteiger charge is 2.45. The fourth-order valence-corrected chi connectivity index (χ4v) is 4.41. The SMILES string of the molecule is CCOc1ccc(C2C(=C(O)c3ccc4c(c3)OCO4)C(=O)C(=O)N2CCCn2ccnc2)cc1. The fraction of sp³-hybridized carbons (Fsp3) is 0.269. The number of carbonyl (C=O) groups excluding carboxylic acids is 2. The van der Waals surface area contributed by atoms with Crippen molar-refractivity contribution in [3.8, 4) is 17.2 Å². The Kier molecular flexibility index (Phi) is 6.13. The lowest BCUT2D eigenvalue weighted by Crippen LogP contribution is -2.31. The summed E-state index contributed by atoms with van der Waals surface area (Å²) in [7, 11) is 0. The third-order valence-electron chi connectivity index (χ3n) is 6.07. The molecule has 0 aliphatic carbocycles. The van der Waals surface area contributed by atoms with Gasteiger partial charge in [-0.1, -0.05) is 12.1 Å². The molecule has 0 spiro atoms. The highest BCUT2D eigenvalue weighted by atomic mass is 16.7. The summed E-state index contributed by atoms with van der Waals surface area (Å²) in [5, 5.41) is 11.3. The number of Topliss-reactive ketones (excluding diaryl/α,β-unsaturated/α-hetero) is 1. The van der Waals surface area contributed by atoms with Crippen molar-refractivity contribution in [1.82, 2.24) is 14.5 Å². The molecule has 1 amide bonds. The normalized spacial score (nSPS) is 18.3. The smallest absolute Gasteiger partial charge is 0.295 e. The van der Waals surface area contributed by atoms with Crippen molar-refractivity contribution in [1.29, 1.82) is 0 Å². The fourth-order valence-electron chi connectivity index (χ4n) is 4.41. The average molecular weight is 476 g/mol. The molecule has 1 N–H and O–H groups in total. The van der Waals surface area contributed by atoms with E-state index >= 15 is 0 Å². The van der Waals surface area contributed by atoms with E-state index in [0.29, 0.717) is 54.5 Å². The first-order valence-corrected chi connectivity index (χ1v) is 11.4. The largest absolute Gasteiger partial charge is 0.507 e. The van der Waals surface area contributed by atoms with Crippen molar-refractivity contribution in [2.24, 2.45) is 0 Å². The second-order valence-corrected chi connectivity index (χ2v) is 8.22. The van der Waals surface area contributed by atoms with Gasteiger partial charge in [-0.3, -0.25) is 9.59 Å². The van der Waals surface area contributed by atoms with Gasteiger partial charge >= 0.3 is 0 Å². The number of likely N-dealkylation sites (tertiary alicyclic amines) is 1. The van der Waals surface area contributed by atoms with E-state index in [0.717, 1.165) is 0 Å². The molecular formula is C26H25N3O6. The molecule has 180 valence electrons. The minimum absolute atomic E-state index is 0.0423. The van der Waals surface area contributed by atoms with E-state index in [-0.39, 0.29) is 18.1 Å². The van der Waals surface area contributed by atoms with Crippen molar-refractivity contribution < 1.29 is 28.9 Å². The minimum atomic E-state index is -0.737. The molecule has 0 radical (unpaired) electrons. The van der Waals surface area contributed by atoms with Crippen LogP contribution in [-0.2, 0) is 16.1 Å². The molecule has 3 heterocycles. The van der Waals surface area contributed by atoms with Crippen LogP contribution >= 0.6 is 0 Å². The van der Waals surface area contributed by atoms with Crippen LogP contribution in [0.4, 0.5) is 0 Å². The van der Waals surface area contributed by atoms with Gasteiger partial charge < -0.3 is 28.8 Å². The Morgan fingerprint density at radius 2 is 1.91 bits per heavy atom. The number of rotatable bonds is 8. The number of imidazole rings is 1. The summed E-state index contributed by atoms with van der Waals surface area (Å²) in [4.78, 5) is 31.9. The number of fused-ring (bicyclic) bond motifs is 1. The van der Waals surface area contributed by atoms with Crippen molar-refractivity contribution in [2.45, 2.75) is 25.9 Å². The predicted molar refractivity (Wildman–Crippen MR) is 126 cm³/mol. The van der Waals surface area contributed by atoms with Gasteiger partial charge in [0.15, 0.2) is 11.5 Å². The van der Waals surface area contributed by atoms with Crippen LogP contribution < -0.4 is 14.2 Å². The lowest BCUT2D eigenvalue weighted by atomic mass is 9.95. The van der Waals surface area contributed by atoms with Crippen molar-refractivity contribution in [2.75, 3.05) is 19.9 Å². The van der Waals surface area contributed by atoms with Gasteiger partial charge in [0.1, 0.15) is 11.5 Å². The van der Waals surface area contributed by atoms with Crippen molar-refractivity contribution in [3.05, 3.63) is 77.9 Å². The van der Waals surface area contributed by atoms with E-state index in [9.17, 15) is 14.7 Å². The number of amides is 1. The van der Waals surface area contributed by atoms with E-state index in [1.54, 1.807) is 42.9 Å². The summed E-state index contributed by atoms with van der Waals surface area (Å²) >= 11 is 0. The van der Waals surface area contributed by atoms with Crippen molar-refractivity contribution >= 4 is 17.4 Å². The monoisotopic (exact) mass is 475 g/mol. The van der Waals surface area contributed by atoms with Crippen LogP contribution in [0.5, 0.6) is 17.2 Å². The molecule has 2 aliphatic heterocycles. The van der Waals surface area contributed by atoms with Crippen LogP contribution in [0.2, 0.25) is 0 Å². The van der Waals surface area contributed by atoms with Crippen LogP contribution in [0, 0.1) is 0 Å². The number of ether oxygens (including phenoxy) is 3. The Balaban J connectivity index is 1.52. The Bertz CT molecular complexity index is 1270. The third-order valence-corrected chi connectivity index (χ3v) is 6.07. The van der Waals surface area contributed by atoms with Crippen LogP contribution in [0.1, 0.15) is 30.5 Å². The lowest BCUT2D eigenvalue weighted by molar-refractivity contribution is -0.139. The van der Waals surface area contributed by atoms with Gasteiger partial charge in [0.05, 0.1) is 24.5 Å². The number of aromatic nitrogens is 2. The first-order valence-electron chi connectivity index (χ1n) is 11.4. The molecule has 1 unspecified atom stereocenters. The number of aliphatic hydroxyl groups excluding tert-OH is 1. The van der Waals surface area contributed by atoms with Gasteiger partial charge in [-0.15, -0.1) is 0 Å². The molecule has 1 fully saturated rings. The molecule has 0 bridgehead atoms. The summed E-state index contributed by atoms with van der Waals surface area (Å²) in [5.74, 6) is 0.103. The molecule has 3 aromatic rings. The standard InChI is InChI=1S/C26H25N3O6/c1-2-33-19-7-4-17(5-8-19)23-22(24(30)18-6-9-20-21(14-18)35-16-34-20)25(31)26(32)29(23)12-3-11-28-13-10-27-15-28/h4-10,13-15,23,30H,2-3,11-12,16H2,1H3. The third kappa shape index (κ3) is 4.32. The molecule has 2 aliphatic rings. The molecule has 9 heteroatoms. The van der Waals surface area contributed by atoms with E-state index in [4.69, 9.17) is 14.2 Å². The molecule has 1 saturated heterocycles. The summed E-state index contributed by atoms with van der Waals surface area (Å²) in [6, 6.07) is 11.4. The maximum absolute atomic E-state index is 13.2. The van der Waals surface area contributed by atoms with Crippen LogP contribution in [0.15, 0.2) is 66.8 Å². The van der Waals surface area contributed by atoms with Crippen LogP contribution in [0.3, 0.4) is 0 Å².